The molecule has 76 valence electrons. The predicted octanol–water partition coefficient (Wildman–Crippen LogP) is 2.28. The van der Waals surface area contributed by atoms with Crippen molar-refractivity contribution in [1.82, 2.24) is 4.98 Å². The van der Waals surface area contributed by atoms with Gasteiger partial charge in [-0.25, -0.2) is 4.98 Å². The lowest BCUT2D eigenvalue weighted by Gasteiger charge is -2.17. The first-order chi connectivity index (χ1) is 6.77. The van der Waals surface area contributed by atoms with Gasteiger partial charge in [0.05, 0.1) is 15.7 Å². The van der Waals surface area contributed by atoms with Gasteiger partial charge in [-0.1, -0.05) is 0 Å². The van der Waals surface area contributed by atoms with Gasteiger partial charge in [0, 0.05) is 12.8 Å². The van der Waals surface area contributed by atoms with Gasteiger partial charge in [-0.2, -0.15) is 0 Å². The van der Waals surface area contributed by atoms with Gasteiger partial charge in [0.15, 0.2) is 0 Å². The van der Waals surface area contributed by atoms with Crippen molar-refractivity contribution >= 4 is 28.4 Å². The van der Waals surface area contributed by atoms with Crippen LogP contribution in [0.4, 0.5) is 5.82 Å². The summed E-state index contributed by atoms with van der Waals surface area (Å²) in [7, 11) is 0. The zero-order valence-electron chi connectivity index (χ0n) is 8.03. The quantitative estimate of drug-likeness (QED) is 0.851. The van der Waals surface area contributed by atoms with Crippen LogP contribution in [0.3, 0.4) is 0 Å². The van der Waals surface area contributed by atoms with Gasteiger partial charge in [0.25, 0.3) is 0 Å². The molecule has 0 spiro atoms. The number of rotatable bonds is 2. The number of nitrogens with one attached hydrogen (secondary N) is 1. The fraction of sp³-hybridized carbons (Fsp3) is 0.500. The standard InChI is InChI=1S/C10H13IN2O/c1-7-9(4-6-14-7)13-10-8(11)3-2-5-12-10/h2-3,5,7,9H,4,6H2,1H3,(H,12,13). The molecule has 1 saturated heterocycles. The van der Waals surface area contributed by atoms with Crippen molar-refractivity contribution in [3.8, 4) is 0 Å². The minimum atomic E-state index is 0.285. The van der Waals surface area contributed by atoms with Crippen LogP contribution in [0.1, 0.15) is 13.3 Å². The lowest BCUT2D eigenvalue weighted by Crippen LogP contribution is -2.27. The summed E-state index contributed by atoms with van der Waals surface area (Å²) in [6.45, 7) is 2.95. The second-order valence-corrected chi connectivity index (χ2v) is 4.61. The number of hydrogen-bond acceptors (Lipinski definition) is 3. The van der Waals surface area contributed by atoms with E-state index < -0.39 is 0 Å². The second-order valence-electron chi connectivity index (χ2n) is 3.45. The van der Waals surface area contributed by atoms with Gasteiger partial charge in [0.1, 0.15) is 5.82 Å². The summed E-state index contributed by atoms with van der Waals surface area (Å²) in [5.41, 5.74) is 0. The number of hydrogen-bond donors (Lipinski definition) is 1. The molecule has 0 bridgehead atoms. The van der Waals surface area contributed by atoms with Crippen LogP contribution < -0.4 is 5.32 Å². The van der Waals surface area contributed by atoms with Crippen LogP contribution in [0, 0.1) is 3.57 Å². The molecule has 0 aliphatic carbocycles. The summed E-state index contributed by atoms with van der Waals surface area (Å²) >= 11 is 2.29. The van der Waals surface area contributed by atoms with Crippen molar-refractivity contribution < 1.29 is 4.74 Å². The zero-order chi connectivity index (χ0) is 9.97. The Bertz CT molecular complexity index is 319. The molecule has 1 aliphatic heterocycles. The van der Waals surface area contributed by atoms with E-state index in [9.17, 15) is 0 Å². The third-order valence-electron chi connectivity index (χ3n) is 2.46. The predicted molar refractivity (Wildman–Crippen MR) is 64.4 cm³/mol. The first kappa shape index (κ1) is 10.2. The summed E-state index contributed by atoms with van der Waals surface area (Å²) in [5.74, 6) is 0.968. The highest BCUT2D eigenvalue weighted by Gasteiger charge is 2.24. The van der Waals surface area contributed by atoms with Gasteiger partial charge in [-0.05, 0) is 48.1 Å². The summed E-state index contributed by atoms with van der Waals surface area (Å²) in [5, 5.41) is 3.42. The Balaban J connectivity index is 2.07. The summed E-state index contributed by atoms with van der Waals surface area (Å²) in [4.78, 5) is 4.30. The van der Waals surface area contributed by atoms with E-state index in [-0.39, 0.29) is 6.10 Å². The molecule has 1 fully saturated rings. The average molecular weight is 304 g/mol. The van der Waals surface area contributed by atoms with Gasteiger partial charge >= 0.3 is 0 Å². The van der Waals surface area contributed by atoms with Crippen molar-refractivity contribution in [2.24, 2.45) is 0 Å². The Hall–Kier alpha value is -0.360. The summed E-state index contributed by atoms with van der Waals surface area (Å²) in [6.07, 6.45) is 3.16. The fourth-order valence-electron chi connectivity index (χ4n) is 1.59. The van der Waals surface area contributed by atoms with Gasteiger partial charge in [0.2, 0.25) is 0 Å². The fourth-order valence-corrected chi connectivity index (χ4v) is 2.09. The molecule has 2 unspecified atom stereocenters. The maximum absolute atomic E-state index is 5.48. The van der Waals surface area contributed by atoms with Crippen LogP contribution in [0.25, 0.3) is 0 Å². The topological polar surface area (TPSA) is 34.1 Å². The molecule has 2 atom stereocenters. The maximum Gasteiger partial charge on any atom is 0.139 e. The molecule has 2 heterocycles. The van der Waals surface area contributed by atoms with Crippen molar-refractivity contribution in [3.05, 3.63) is 21.9 Å². The monoisotopic (exact) mass is 304 g/mol. The van der Waals surface area contributed by atoms with E-state index in [0.29, 0.717) is 6.04 Å². The van der Waals surface area contributed by atoms with Crippen molar-refractivity contribution in [2.45, 2.75) is 25.5 Å². The highest BCUT2D eigenvalue weighted by Crippen LogP contribution is 2.20. The lowest BCUT2D eigenvalue weighted by molar-refractivity contribution is 0.121. The number of halogens is 1. The van der Waals surface area contributed by atoms with E-state index in [2.05, 4.69) is 45.9 Å². The average Bonchev–Trinajstić information content (AvgIpc) is 2.56. The minimum absolute atomic E-state index is 0.285. The minimum Gasteiger partial charge on any atom is -0.376 e. The van der Waals surface area contributed by atoms with Crippen LogP contribution in [0.15, 0.2) is 18.3 Å². The van der Waals surface area contributed by atoms with Crippen LogP contribution in [0.5, 0.6) is 0 Å². The van der Waals surface area contributed by atoms with Crippen LogP contribution in [-0.2, 0) is 4.74 Å². The number of anilines is 1. The summed E-state index contributed by atoms with van der Waals surface area (Å²) in [6, 6.07) is 4.40. The van der Waals surface area contributed by atoms with Crippen LogP contribution in [0.2, 0.25) is 0 Å². The number of nitrogens with zero attached hydrogens (tertiary/aromatic N) is 1. The second kappa shape index (κ2) is 4.44. The van der Waals surface area contributed by atoms with Crippen LogP contribution in [-0.4, -0.2) is 23.7 Å². The normalized spacial score (nSPS) is 26.4. The first-order valence-electron chi connectivity index (χ1n) is 4.76. The van der Waals surface area contributed by atoms with Crippen LogP contribution >= 0.6 is 22.6 Å². The molecule has 1 aromatic rings. The van der Waals surface area contributed by atoms with Crippen molar-refractivity contribution in [1.29, 1.82) is 0 Å². The van der Waals surface area contributed by atoms with Gasteiger partial charge < -0.3 is 10.1 Å². The molecule has 3 nitrogen and oxygen atoms in total. The molecule has 14 heavy (non-hydrogen) atoms. The van der Waals surface area contributed by atoms with Gasteiger partial charge in [-0.3, -0.25) is 0 Å². The SMILES string of the molecule is CC1OCCC1Nc1ncccc1I. The number of pyridine rings is 1. The van der Waals surface area contributed by atoms with E-state index in [4.69, 9.17) is 4.74 Å². The highest BCUT2D eigenvalue weighted by atomic mass is 127. The van der Waals surface area contributed by atoms with E-state index in [1.54, 1.807) is 0 Å². The molecule has 1 aliphatic rings. The molecule has 0 radical (unpaired) electrons. The molecule has 2 rings (SSSR count). The zero-order valence-corrected chi connectivity index (χ0v) is 10.2. The van der Waals surface area contributed by atoms with E-state index >= 15 is 0 Å². The van der Waals surface area contributed by atoms with E-state index in [0.717, 1.165) is 22.4 Å². The molecule has 0 saturated carbocycles. The molecule has 1 aromatic heterocycles. The molecule has 1 N–H and O–H groups in total. The Morgan fingerprint density at radius 3 is 3.14 bits per heavy atom. The Morgan fingerprint density at radius 1 is 1.64 bits per heavy atom. The van der Waals surface area contributed by atoms with Crippen molar-refractivity contribution in [2.75, 3.05) is 11.9 Å². The molecule has 0 aromatic carbocycles. The number of ether oxygens (including phenoxy) is 1. The van der Waals surface area contributed by atoms with Gasteiger partial charge in [-0.15, -0.1) is 0 Å². The smallest absolute Gasteiger partial charge is 0.139 e. The largest absolute Gasteiger partial charge is 0.376 e. The van der Waals surface area contributed by atoms with E-state index in [1.807, 2.05) is 12.3 Å². The third-order valence-corrected chi connectivity index (χ3v) is 3.33. The first-order valence-corrected chi connectivity index (χ1v) is 5.84. The Labute approximate surface area is 97.4 Å². The Kier molecular flexibility index (Phi) is 3.22. The third kappa shape index (κ3) is 2.17. The lowest BCUT2D eigenvalue weighted by atomic mass is 10.1. The highest BCUT2D eigenvalue weighted by molar-refractivity contribution is 14.1. The molecule has 4 heteroatoms. The maximum atomic E-state index is 5.48. The molecular weight excluding hydrogens is 291 g/mol. The summed E-state index contributed by atoms with van der Waals surface area (Å²) < 4.78 is 6.64. The molecule has 0 amide bonds. The van der Waals surface area contributed by atoms with E-state index in [1.165, 1.54) is 0 Å². The molecular formula is C10H13IN2O. The Morgan fingerprint density at radius 2 is 2.50 bits per heavy atom. The van der Waals surface area contributed by atoms with Crippen molar-refractivity contribution in [3.63, 3.8) is 0 Å². The number of aromatic nitrogens is 1.